The molecule has 3 N–H and O–H groups in total. The fraction of sp³-hybridized carbons (Fsp3) is 0.889. The summed E-state index contributed by atoms with van der Waals surface area (Å²) in [6, 6.07) is -0.472. The van der Waals surface area contributed by atoms with Crippen molar-refractivity contribution in [1.82, 2.24) is 0 Å². The molecule has 76 valence electrons. The average molecular weight is 187 g/mol. The molecular formula is C9H17NO3. The van der Waals surface area contributed by atoms with Crippen LogP contribution in [0, 0.1) is 0 Å². The Labute approximate surface area is 78.1 Å². The van der Waals surface area contributed by atoms with E-state index in [0.717, 1.165) is 12.8 Å². The first kappa shape index (κ1) is 10.5. The minimum absolute atomic E-state index is 0.286. The highest BCUT2D eigenvalue weighted by Crippen LogP contribution is 2.28. The van der Waals surface area contributed by atoms with Gasteiger partial charge in [0.15, 0.2) is 5.60 Å². The molecule has 1 saturated carbocycles. The first-order chi connectivity index (χ1) is 6.11. The van der Waals surface area contributed by atoms with Crippen LogP contribution in [-0.4, -0.2) is 29.3 Å². The summed E-state index contributed by atoms with van der Waals surface area (Å²) in [6.07, 6.45) is 2.92. The lowest BCUT2D eigenvalue weighted by atomic mass is 9.81. The first-order valence-corrected chi connectivity index (χ1v) is 4.76. The molecule has 0 aromatic carbocycles. The normalized spacial score (nSPS) is 34.2. The average Bonchev–Trinajstić information content (AvgIpc) is 2.11. The molecule has 0 spiro atoms. The standard InChI is InChI=1S/C9H17NO3/c1-2-13-8(11)9(12)6-4-3-5-7(9)10/h7,12H,2-6,10H2,1H3. The van der Waals surface area contributed by atoms with Crippen molar-refractivity contribution in [1.29, 1.82) is 0 Å². The molecule has 0 saturated heterocycles. The maximum absolute atomic E-state index is 11.4. The number of carbonyl (C=O) groups excluding carboxylic acids is 1. The molecule has 0 radical (unpaired) electrons. The van der Waals surface area contributed by atoms with Gasteiger partial charge in [-0.1, -0.05) is 6.42 Å². The molecule has 1 aliphatic rings. The summed E-state index contributed by atoms with van der Waals surface area (Å²) < 4.78 is 4.79. The summed E-state index contributed by atoms with van der Waals surface area (Å²) >= 11 is 0. The van der Waals surface area contributed by atoms with E-state index in [4.69, 9.17) is 10.5 Å². The molecule has 0 aromatic rings. The molecule has 1 aliphatic carbocycles. The molecule has 13 heavy (non-hydrogen) atoms. The Kier molecular flexibility index (Phi) is 3.27. The molecule has 4 nitrogen and oxygen atoms in total. The molecular weight excluding hydrogens is 170 g/mol. The van der Waals surface area contributed by atoms with E-state index < -0.39 is 17.6 Å². The molecule has 1 fully saturated rings. The summed E-state index contributed by atoms with van der Waals surface area (Å²) in [4.78, 5) is 11.4. The molecule has 2 unspecified atom stereocenters. The molecule has 0 aliphatic heterocycles. The van der Waals surface area contributed by atoms with Gasteiger partial charge in [-0.2, -0.15) is 0 Å². The molecule has 1 rings (SSSR count). The van der Waals surface area contributed by atoms with Crippen LogP contribution in [-0.2, 0) is 9.53 Å². The Hall–Kier alpha value is -0.610. The molecule has 0 aromatic heterocycles. The van der Waals surface area contributed by atoms with Gasteiger partial charge >= 0.3 is 5.97 Å². The van der Waals surface area contributed by atoms with Crippen molar-refractivity contribution < 1.29 is 14.6 Å². The Morgan fingerprint density at radius 1 is 1.69 bits per heavy atom. The topological polar surface area (TPSA) is 72.5 Å². The number of esters is 1. The van der Waals surface area contributed by atoms with Gasteiger partial charge in [0.25, 0.3) is 0 Å². The zero-order valence-electron chi connectivity index (χ0n) is 7.95. The number of ether oxygens (including phenoxy) is 1. The van der Waals surface area contributed by atoms with Gasteiger partial charge in [0.1, 0.15) is 0 Å². The monoisotopic (exact) mass is 187 g/mol. The van der Waals surface area contributed by atoms with Crippen LogP contribution >= 0.6 is 0 Å². The molecule has 0 amide bonds. The molecule has 0 bridgehead atoms. The summed E-state index contributed by atoms with van der Waals surface area (Å²) in [5.74, 6) is -0.567. The third-order valence-corrected chi connectivity index (χ3v) is 2.57. The van der Waals surface area contributed by atoms with Gasteiger partial charge < -0.3 is 15.6 Å². The van der Waals surface area contributed by atoms with Crippen LogP contribution in [0.15, 0.2) is 0 Å². The highest BCUT2D eigenvalue weighted by Gasteiger charge is 2.44. The van der Waals surface area contributed by atoms with E-state index >= 15 is 0 Å². The number of nitrogens with two attached hydrogens (primary N) is 1. The van der Waals surface area contributed by atoms with Crippen LogP contribution in [0.3, 0.4) is 0 Å². The van der Waals surface area contributed by atoms with Crippen molar-refractivity contribution in [3.05, 3.63) is 0 Å². The minimum atomic E-state index is -1.44. The predicted octanol–water partition coefficient (Wildman–Crippen LogP) is 0.182. The fourth-order valence-electron chi connectivity index (χ4n) is 1.69. The van der Waals surface area contributed by atoms with Gasteiger partial charge in [-0.05, 0) is 26.2 Å². The highest BCUT2D eigenvalue weighted by molar-refractivity contribution is 5.80. The van der Waals surface area contributed by atoms with Gasteiger partial charge in [0.2, 0.25) is 0 Å². The van der Waals surface area contributed by atoms with Crippen molar-refractivity contribution in [2.75, 3.05) is 6.61 Å². The minimum Gasteiger partial charge on any atom is -0.464 e. The number of hydrogen-bond donors (Lipinski definition) is 2. The van der Waals surface area contributed by atoms with E-state index in [-0.39, 0.29) is 6.61 Å². The Balaban J connectivity index is 2.65. The Morgan fingerprint density at radius 2 is 2.38 bits per heavy atom. The van der Waals surface area contributed by atoms with Crippen LogP contribution in [0.2, 0.25) is 0 Å². The summed E-state index contributed by atoms with van der Waals surface area (Å²) in [7, 11) is 0. The molecule has 0 heterocycles. The maximum Gasteiger partial charge on any atom is 0.339 e. The van der Waals surface area contributed by atoms with Crippen molar-refractivity contribution >= 4 is 5.97 Å². The van der Waals surface area contributed by atoms with E-state index in [0.29, 0.717) is 12.8 Å². The van der Waals surface area contributed by atoms with E-state index in [2.05, 4.69) is 0 Å². The third-order valence-electron chi connectivity index (χ3n) is 2.57. The second kappa shape index (κ2) is 4.07. The Morgan fingerprint density at radius 3 is 2.92 bits per heavy atom. The van der Waals surface area contributed by atoms with Crippen molar-refractivity contribution in [2.45, 2.75) is 44.2 Å². The van der Waals surface area contributed by atoms with Crippen LogP contribution in [0.25, 0.3) is 0 Å². The third kappa shape index (κ3) is 2.00. The van der Waals surface area contributed by atoms with Crippen molar-refractivity contribution in [3.8, 4) is 0 Å². The smallest absolute Gasteiger partial charge is 0.339 e. The van der Waals surface area contributed by atoms with Gasteiger partial charge in [-0.25, -0.2) is 4.79 Å². The number of carbonyl (C=O) groups is 1. The van der Waals surface area contributed by atoms with Crippen LogP contribution in [0.5, 0.6) is 0 Å². The largest absolute Gasteiger partial charge is 0.464 e. The zero-order chi connectivity index (χ0) is 9.90. The predicted molar refractivity (Wildman–Crippen MR) is 48.0 cm³/mol. The quantitative estimate of drug-likeness (QED) is 0.605. The lowest BCUT2D eigenvalue weighted by Gasteiger charge is -2.35. The van der Waals surface area contributed by atoms with Crippen molar-refractivity contribution in [2.24, 2.45) is 5.73 Å². The highest BCUT2D eigenvalue weighted by atomic mass is 16.5. The lowest BCUT2D eigenvalue weighted by molar-refractivity contribution is -0.170. The summed E-state index contributed by atoms with van der Waals surface area (Å²) in [6.45, 7) is 2.00. The number of hydrogen-bond acceptors (Lipinski definition) is 4. The van der Waals surface area contributed by atoms with Crippen LogP contribution < -0.4 is 5.73 Å². The zero-order valence-corrected chi connectivity index (χ0v) is 7.95. The van der Waals surface area contributed by atoms with Gasteiger partial charge in [-0.3, -0.25) is 0 Å². The van der Waals surface area contributed by atoms with E-state index in [1.807, 2.05) is 0 Å². The fourth-order valence-corrected chi connectivity index (χ4v) is 1.69. The van der Waals surface area contributed by atoms with Crippen LogP contribution in [0.4, 0.5) is 0 Å². The lowest BCUT2D eigenvalue weighted by Crippen LogP contribution is -2.56. The van der Waals surface area contributed by atoms with Gasteiger partial charge in [0, 0.05) is 6.04 Å². The first-order valence-electron chi connectivity index (χ1n) is 4.76. The van der Waals surface area contributed by atoms with Gasteiger partial charge in [0.05, 0.1) is 6.61 Å². The van der Waals surface area contributed by atoms with E-state index in [1.54, 1.807) is 6.92 Å². The molecule has 2 atom stereocenters. The van der Waals surface area contributed by atoms with E-state index in [1.165, 1.54) is 0 Å². The number of aliphatic hydroxyl groups is 1. The SMILES string of the molecule is CCOC(=O)C1(O)CCCCC1N. The maximum atomic E-state index is 11.4. The number of rotatable bonds is 2. The van der Waals surface area contributed by atoms with Crippen molar-refractivity contribution in [3.63, 3.8) is 0 Å². The summed E-state index contributed by atoms with van der Waals surface area (Å²) in [5.41, 5.74) is 4.26. The van der Waals surface area contributed by atoms with Crippen LogP contribution in [0.1, 0.15) is 32.6 Å². The van der Waals surface area contributed by atoms with Gasteiger partial charge in [-0.15, -0.1) is 0 Å². The summed E-state index contributed by atoms with van der Waals surface area (Å²) in [5, 5.41) is 9.94. The molecule has 4 heteroatoms. The second-order valence-electron chi connectivity index (χ2n) is 3.50. The second-order valence-corrected chi connectivity index (χ2v) is 3.50. The van der Waals surface area contributed by atoms with E-state index in [9.17, 15) is 9.90 Å². The Bertz CT molecular complexity index is 195.